The van der Waals surface area contributed by atoms with Crippen molar-refractivity contribution in [3.63, 3.8) is 0 Å². The van der Waals surface area contributed by atoms with E-state index in [1.54, 1.807) is 0 Å². The molecule has 5 heteroatoms. The molecule has 0 unspecified atom stereocenters. The Balaban J connectivity index is 0.000000720. The molecule has 0 atom stereocenters. The molecule has 1 fully saturated rings. The maximum Gasteiger partial charge on any atom is 0.0534 e. The van der Waals surface area contributed by atoms with Crippen LogP contribution in [-0.2, 0) is 6.54 Å². The van der Waals surface area contributed by atoms with Crippen molar-refractivity contribution >= 4 is 24.8 Å². The Morgan fingerprint density at radius 2 is 2.15 bits per heavy atom. The van der Waals surface area contributed by atoms with E-state index in [0.717, 1.165) is 5.56 Å². The van der Waals surface area contributed by atoms with Crippen LogP contribution in [0.15, 0.2) is 12.4 Å². The molecule has 1 aromatic rings. The van der Waals surface area contributed by atoms with Gasteiger partial charge < -0.3 is 5.73 Å². The van der Waals surface area contributed by atoms with E-state index in [1.165, 1.54) is 19.3 Å². The van der Waals surface area contributed by atoms with E-state index < -0.39 is 0 Å². The molecule has 1 heterocycles. The van der Waals surface area contributed by atoms with Crippen molar-refractivity contribution in [3.8, 4) is 0 Å². The molecule has 1 saturated carbocycles. The monoisotopic (exact) mass is 223 g/mol. The lowest BCUT2D eigenvalue weighted by Gasteiger charge is -2.25. The summed E-state index contributed by atoms with van der Waals surface area (Å²) in [6.45, 7) is 0.604. The summed E-state index contributed by atoms with van der Waals surface area (Å²) in [5.41, 5.74) is 6.61. The summed E-state index contributed by atoms with van der Waals surface area (Å²) in [6.07, 6.45) is 7.84. The van der Waals surface area contributed by atoms with Gasteiger partial charge in [0.2, 0.25) is 0 Å². The Morgan fingerprint density at radius 3 is 2.54 bits per heavy atom. The molecule has 2 rings (SSSR count). The molecular formula is C8H15Cl2N3. The van der Waals surface area contributed by atoms with Gasteiger partial charge in [-0.2, -0.15) is 5.10 Å². The molecule has 0 spiro atoms. The molecule has 1 aromatic heterocycles. The van der Waals surface area contributed by atoms with Crippen LogP contribution in [-0.4, -0.2) is 9.78 Å². The van der Waals surface area contributed by atoms with Crippen molar-refractivity contribution in [1.29, 1.82) is 0 Å². The normalized spacial score (nSPS) is 15.5. The highest BCUT2D eigenvalue weighted by atomic mass is 35.5. The molecule has 1 aliphatic rings. The second-order valence-electron chi connectivity index (χ2n) is 3.12. The molecular weight excluding hydrogens is 209 g/mol. The van der Waals surface area contributed by atoms with E-state index >= 15 is 0 Å². The molecule has 13 heavy (non-hydrogen) atoms. The maximum absolute atomic E-state index is 5.47. The highest BCUT2D eigenvalue weighted by Gasteiger charge is 2.19. The average Bonchev–Trinajstić information content (AvgIpc) is 2.32. The zero-order chi connectivity index (χ0) is 7.68. The Bertz CT molecular complexity index is 245. The molecule has 2 N–H and O–H groups in total. The fourth-order valence-electron chi connectivity index (χ4n) is 1.33. The number of nitrogens with zero attached hydrogens (tertiary/aromatic N) is 2. The van der Waals surface area contributed by atoms with Crippen molar-refractivity contribution in [2.24, 2.45) is 5.73 Å². The molecule has 0 bridgehead atoms. The van der Waals surface area contributed by atoms with Crippen LogP contribution < -0.4 is 5.73 Å². The van der Waals surface area contributed by atoms with Crippen LogP contribution in [0, 0.1) is 0 Å². The number of nitrogens with two attached hydrogens (primary N) is 1. The zero-order valence-electron chi connectivity index (χ0n) is 7.35. The van der Waals surface area contributed by atoms with Crippen molar-refractivity contribution in [1.82, 2.24) is 9.78 Å². The van der Waals surface area contributed by atoms with Gasteiger partial charge in [0, 0.05) is 18.3 Å². The van der Waals surface area contributed by atoms with Crippen molar-refractivity contribution in [2.45, 2.75) is 31.8 Å². The van der Waals surface area contributed by atoms with Gasteiger partial charge in [0.15, 0.2) is 0 Å². The number of hydrogen-bond donors (Lipinski definition) is 1. The van der Waals surface area contributed by atoms with E-state index in [4.69, 9.17) is 5.73 Å². The minimum atomic E-state index is 0. The van der Waals surface area contributed by atoms with Crippen LogP contribution in [0.4, 0.5) is 0 Å². The minimum Gasteiger partial charge on any atom is -0.326 e. The second kappa shape index (κ2) is 5.47. The zero-order valence-corrected chi connectivity index (χ0v) is 8.98. The molecule has 0 aromatic carbocycles. The first kappa shape index (κ1) is 12.8. The van der Waals surface area contributed by atoms with Crippen molar-refractivity contribution in [3.05, 3.63) is 18.0 Å². The van der Waals surface area contributed by atoms with E-state index in [2.05, 4.69) is 11.3 Å². The highest BCUT2D eigenvalue weighted by molar-refractivity contribution is 5.85. The summed E-state index contributed by atoms with van der Waals surface area (Å²) in [6, 6.07) is 0.662. The second-order valence-corrected chi connectivity index (χ2v) is 3.12. The summed E-state index contributed by atoms with van der Waals surface area (Å²) in [7, 11) is 0. The van der Waals surface area contributed by atoms with Gasteiger partial charge >= 0.3 is 0 Å². The van der Waals surface area contributed by atoms with Crippen LogP contribution in [0.2, 0.25) is 0 Å². The minimum absolute atomic E-state index is 0. The lowest BCUT2D eigenvalue weighted by Crippen LogP contribution is -2.17. The first-order chi connectivity index (χ1) is 5.40. The largest absolute Gasteiger partial charge is 0.326 e. The lowest BCUT2D eigenvalue weighted by atomic mass is 9.93. The van der Waals surface area contributed by atoms with E-state index in [0.29, 0.717) is 12.6 Å². The molecule has 0 aliphatic heterocycles. The third kappa shape index (κ3) is 2.59. The predicted octanol–water partition coefficient (Wildman–Crippen LogP) is 1.91. The smallest absolute Gasteiger partial charge is 0.0534 e. The molecule has 0 radical (unpaired) electrons. The van der Waals surface area contributed by atoms with Crippen LogP contribution in [0.5, 0.6) is 0 Å². The first-order valence-electron chi connectivity index (χ1n) is 4.13. The van der Waals surface area contributed by atoms with Gasteiger partial charge in [-0.05, 0) is 19.3 Å². The molecule has 0 amide bonds. The number of halogens is 2. The SMILES string of the molecule is Cl.Cl.NCc1cnn(C2CCC2)c1. The molecule has 0 saturated heterocycles. The maximum atomic E-state index is 5.47. The molecule has 76 valence electrons. The van der Waals surface area contributed by atoms with Gasteiger partial charge in [0.05, 0.1) is 12.2 Å². The molecule has 1 aliphatic carbocycles. The summed E-state index contributed by atoms with van der Waals surface area (Å²) >= 11 is 0. The van der Waals surface area contributed by atoms with Crippen molar-refractivity contribution in [2.75, 3.05) is 0 Å². The standard InChI is InChI=1S/C8H13N3.2ClH/c9-4-7-5-10-11(6-7)8-2-1-3-8;;/h5-6,8H,1-4,9H2;2*1H. The van der Waals surface area contributed by atoms with Crippen LogP contribution in [0.25, 0.3) is 0 Å². The number of rotatable bonds is 2. The van der Waals surface area contributed by atoms with Gasteiger partial charge in [-0.3, -0.25) is 4.68 Å². The van der Waals surface area contributed by atoms with E-state index in [9.17, 15) is 0 Å². The van der Waals surface area contributed by atoms with Gasteiger partial charge in [-0.25, -0.2) is 0 Å². The highest BCUT2D eigenvalue weighted by Crippen LogP contribution is 2.30. The Morgan fingerprint density at radius 1 is 1.46 bits per heavy atom. The van der Waals surface area contributed by atoms with E-state index in [-0.39, 0.29) is 24.8 Å². The van der Waals surface area contributed by atoms with Crippen LogP contribution in [0.1, 0.15) is 30.9 Å². The van der Waals surface area contributed by atoms with Crippen LogP contribution in [0.3, 0.4) is 0 Å². The number of aromatic nitrogens is 2. The van der Waals surface area contributed by atoms with Crippen LogP contribution >= 0.6 is 24.8 Å². The quantitative estimate of drug-likeness (QED) is 0.833. The summed E-state index contributed by atoms with van der Waals surface area (Å²) in [5, 5.41) is 4.25. The first-order valence-corrected chi connectivity index (χ1v) is 4.13. The van der Waals surface area contributed by atoms with Gasteiger partial charge in [-0.1, -0.05) is 0 Å². The Labute approximate surface area is 90.5 Å². The lowest BCUT2D eigenvalue weighted by molar-refractivity contribution is 0.289. The van der Waals surface area contributed by atoms with E-state index in [1.807, 2.05) is 10.9 Å². The number of hydrogen-bond acceptors (Lipinski definition) is 2. The van der Waals surface area contributed by atoms with Gasteiger partial charge in [0.25, 0.3) is 0 Å². The van der Waals surface area contributed by atoms with Gasteiger partial charge in [0.1, 0.15) is 0 Å². The van der Waals surface area contributed by atoms with Crippen molar-refractivity contribution < 1.29 is 0 Å². The average molecular weight is 224 g/mol. The summed E-state index contributed by atoms with van der Waals surface area (Å²) < 4.78 is 2.05. The third-order valence-corrected chi connectivity index (χ3v) is 2.34. The third-order valence-electron chi connectivity index (χ3n) is 2.34. The Hall–Kier alpha value is -0.250. The molecule has 3 nitrogen and oxygen atoms in total. The fraction of sp³-hybridized carbons (Fsp3) is 0.625. The Kier molecular flexibility index (Phi) is 5.37. The topological polar surface area (TPSA) is 43.8 Å². The predicted molar refractivity (Wildman–Crippen MR) is 57.5 cm³/mol. The summed E-state index contributed by atoms with van der Waals surface area (Å²) in [4.78, 5) is 0. The summed E-state index contributed by atoms with van der Waals surface area (Å²) in [5.74, 6) is 0. The van der Waals surface area contributed by atoms with Gasteiger partial charge in [-0.15, -0.1) is 24.8 Å². The fourth-order valence-corrected chi connectivity index (χ4v) is 1.33.